The van der Waals surface area contributed by atoms with Gasteiger partial charge in [-0.3, -0.25) is 9.78 Å². The van der Waals surface area contributed by atoms with Crippen molar-refractivity contribution in [3.8, 4) is 11.3 Å². The standard InChI is InChI=1S/C9H6IN3O/c10-7-8(12-5-13-9(7)14)6-1-3-11-4-2-6/h1-5H,(H,12,13,14). The van der Waals surface area contributed by atoms with Gasteiger partial charge in [-0.05, 0) is 34.7 Å². The Morgan fingerprint density at radius 3 is 2.71 bits per heavy atom. The molecule has 0 unspecified atom stereocenters. The largest absolute Gasteiger partial charge is 0.312 e. The van der Waals surface area contributed by atoms with Crippen LogP contribution in [0.2, 0.25) is 0 Å². The van der Waals surface area contributed by atoms with Crippen LogP contribution in [0.25, 0.3) is 11.3 Å². The van der Waals surface area contributed by atoms with Crippen LogP contribution in [0.15, 0.2) is 35.6 Å². The maximum absolute atomic E-state index is 11.3. The number of rotatable bonds is 1. The number of aromatic amines is 1. The van der Waals surface area contributed by atoms with Crippen molar-refractivity contribution < 1.29 is 0 Å². The maximum atomic E-state index is 11.3. The summed E-state index contributed by atoms with van der Waals surface area (Å²) in [4.78, 5) is 21.8. The molecule has 0 saturated heterocycles. The van der Waals surface area contributed by atoms with Crippen molar-refractivity contribution in [2.45, 2.75) is 0 Å². The molecule has 4 nitrogen and oxygen atoms in total. The number of hydrogen-bond donors (Lipinski definition) is 1. The van der Waals surface area contributed by atoms with E-state index in [2.05, 4.69) is 15.0 Å². The van der Waals surface area contributed by atoms with E-state index < -0.39 is 0 Å². The van der Waals surface area contributed by atoms with E-state index >= 15 is 0 Å². The fraction of sp³-hybridized carbons (Fsp3) is 0. The van der Waals surface area contributed by atoms with Gasteiger partial charge in [-0.2, -0.15) is 0 Å². The first kappa shape index (κ1) is 9.32. The molecule has 0 aromatic carbocycles. The molecule has 0 atom stereocenters. The smallest absolute Gasteiger partial charge is 0.264 e. The fourth-order valence-electron chi connectivity index (χ4n) is 1.09. The lowest BCUT2D eigenvalue weighted by atomic mass is 10.2. The van der Waals surface area contributed by atoms with E-state index in [1.807, 2.05) is 34.7 Å². The Bertz CT molecular complexity index is 495. The van der Waals surface area contributed by atoms with E-state index in [1.54, 1.807) is 12.4 Å². The van der Waals surface area contributed by atoms with Gasteiger partial charge in [0.1, 0.15) is 3.57 Å². The third-order valence-corrected chi connectivity index (χ3v) is 2.75. The molecule has 2 aromatic rings. The summed E-state index contributed by atoms with van der Waals surface area (Å²) in [5, 5.41) is 0. The molecule has 0 aliphatic rings. The zero-order chi connectivity index (χ0) is 9.97. The molecular formula is C9H6IN3O. The summed E-state index contributed by atoms with van der Waals surface area (Å²) in [5.41, 5.74) is 1.47. The average Bonchev–Trinajstić information content (AvgIpc) is 2.23. The highest BCUT2D eigenvalue weighted by molar-refractivity contribution is 14.1. The van der Waals surface area contributed by atoms with Crippen molar-refractivity contribution in [3.05, 3.63) is 44.8 Å². The van der Waals surface area contributed by atoms with Crippen molar-refractivity contribution in [1.29, 1.82) is 0 Å². The van der Waals surface area contributed by atoms with Crippen molar-refractivity contribution in [1.82, 2.24) is 15.0 Å². The summed E-state index contributed by atoms with van der Waals surface area (Å²) in [7, 11) is 0. The minimum Gasteiger partial charge on any atom is -0.312 e. The predicted octanol–water partition coefficient (Wildman–Crippen LogP) is 1.44. The van der Waals surface area contributed by atoms with E-state index in [4.69, 9.17) is 0 Å². The van der Waals surface area contributed by atoms with Crippen LogP contribution >= 0.6 is 22.6 Å². The van der Waals surface area contributed by atoms with Crippen molar-refractivity contribution in [2.75, 3.05) is 0 Å². The van der Waals surface area contributed by atoms with Gasteiger partial charge in [-0.1, -0.05) is 0 Å². The third-order valence-electron chi connectivity index (χ3n) is 1.75. The summed E-state index contributed by atoms with van der Waals surface area (Å²) < 4.78 is 0.594. The molecule has 0 saturated carbocycles. The molecule has 70 valence electrons. The van der Waals surface area contributed by atoms with Crippen LogP contribution in [0.4, 0.5) is 0 Å². The van der Waals surface area contributed by atoms with Crippen LogP contribution in [0.3, 0.4) is 0 Å². The molecule has 14 heavy (non-hydrogen) atoms. The van der Waals surface area contributed by atoms with E-state index in [-0.39, 0.29) is 5.56 Å². The Kier molecular flexibility index (Phi) is 2.58. The summed E-state index contributed by atoms with van der Waals surface area (Å²) >= 11 is 1.98. The fourth-order valence-corrected chi connectivity index (χ4v) is 1.70. The number of nitrogens with one attached hydrogen (secondary N) is 1. The normalized spacial score (nSPS) is 10.1. The second-order valence-electron chi connectivity index (χ2n) is 2.63. The van der Waals surface area contributed by atoms with Crippen LogP contribution < -0.4 is 5.56 Å². The Balaban J connectivity index is 2.64. The molecule has 0 radical (unpaired) electrons. The lowest BCUT2D eigenvalue weighted by molar-refractivity contribution is 1.10. The van der Waals surface area contributed by atoms with E-state index in [9.17, 15) is 4.79 Å². The Morgan fingerprint density at radius 1 is 1.29 bits per heavy atom. The van der Waals surface area contributed by atoms with Crippen LogP contribution in [0.1, 0.15) is 0 Å². The number of hydrogen-bond acceptors (Lipinski definition) is 3. The lowest BCUT2D eigenvalue weighted by Gasteiger charge is -2.00. The van der Waals surface area contributed by atoms with Gasteiger partial charge >= 0.3 is 0 Å². The van der Waals surface area contributed by atoms with Crippen molar-refractivity contribution in [2.24, 2.45) is 0 Å². The van der Waals surface area contributed by atoms with Gasteiger partial charge in [-0.25, -0.2) is 4.98 Å². The Morgan fingerprint density at radius 2 is 2.00 bits per heavy atom. The highest BCUT2D eigenvalue weighted by Gasteiger charge is 2.06. The van der Waals surface area contributed by atoms with Gasteiger partial charge in [0.05, 0.1) is 12.0 Å². The van der Waals surface area contributed by atoms with Gasteiger partial charge < -0.3 is 4.98 Å². The first-order valence-electron chi connectivity index (χ1n) is 3.92. The molecule has 2 heterocycles. The monoisotopic (exact) mass is 299 g/mol. The number of nitrogens with zero attached hydrogens (tertiary/aromatic N) is 2. The van der Waals surface area contributed by atoms with E-state index in [0.29, 0.717) is 9.26 Å². The van der Waals surface area contributed by atoms with Crippen LogP contribution in [0, 0.1) is 3.57 Å². The molecule has 0 aliphatic carbocycles. The summed E-state index contributed by atoms with van der Waals surface area (Å²) in [6, 6.07) is 3.65. The number of H-pyrrole nitrogens is 1. The summed E-state index contributed by atoms with van der Waals surface area (Å²) in [6.45, 7) is 0. The molecule has 5 heteroatoms. The zero-order valence-electron chi connectivity index (χ0n) is 7.07. The van der Waals surface area contributed by atoms with Gasteiger partial charge in [0, 0.05) is 18.0 Å². The zero-order valence-corrected chi connectivity index (χ0v) is 9.22. The quantitative estimate of drug-likeness (QED) is 0.811. The molecule has 0 aliphatic heterocycles. The van der Waals surface area contributed by atoms with E-state index in [0.717, 1.165) is 5.56 Å². The molecule has 0 bridgehead atoms. The maximum Gasteiger partial charge on any atom is 0.264 e. The SMILES string of the molecule is O=c1[nH]cnc(-c2ccncc2)c1I. The van der Waals surface area contributed by atoms with Gasteiger partial charge in [-0.15, -0.1) is 0 Å². The topological polar surface area (TPSA) is 58.6 Å². The van der Waals surface area contributed by atoms with Crippen molar-refractivity contribution >= 4 is 22.6 Å². The molecule has 0 spiro atoms. The molecule has 2 rings (SSSR count). The number of aromatic nitrogens is 3. The van der Waals surface area contributed by atoms with Gasteiger partial charge in [0.2, 0.25) is 0 Å². The van der Waals surface area contributed by atoms with Crippen LogP contribution in [-0.4, -0.2) is 15.0 Å². The molecule has 2 aromatic heterocycles. The molecule has 0 amide bonds. The van der Waals surface area contributed by atoms with Crippen LogP contribution in [0.5, 0.6) is 0 Å². The highest BCUT2D eigenvalue weighted by Crippen LogP contribution is 2.18. The minimum atomic E-state index is -0.118. The second kappa shape index (κ2) is 3.87. The third kappa shape index (κ3) is 1.67. The average molecular weight is 299 g/mol. The first-order valence-corrected chi connectivity index (χ1v) is 5.00. The van der Waals surface area contributed by atoms with E-state index in [1.165, 1.54) is 6.33 Å². The van der Waals surface area contributed by atoms with Crippen molar-refractivity contribution in [3.63, 3.8) is 0 Å². The summed E-state index contributed by atoms with van der Waals surface area (Å²) in [5.74, 6) is 0. The molecule has 0 fully saturated rings. The van der Waals surface area contributed by atoms with Gasteiger partial charge in [0.25, 0.3) is 5.56 Å². The first-order chi connectivity index (χ1) is 6.79. The number of halogens is 1. The Hall–Kier alpha value is -1.24. The highest BCUT2D eigenvalue weighted by atomic mass is 127. The number of pyridine rings is 1. The Labute approximate surface area is 93.6 Å². The summed E-state index contributed by atoms with van der Waals surface area (Å²) in [6.07, 6.45) is 4.75. The predicted molar refractivity (Wildman–Crippen MR) is 60.8 cm³/mol. The molecular weight excluding hydrogens is 293 g/mol. The minimum absolute atomic E-state index is 0.118. The molecule has 1 N–H and O–H groups in total. The van der Waals surface area contributed by atoms with Crippen LogP contribution in [-0.2, 0) is 0 Å². The van der Waals surface area contributed by atoms with Gasteiger partial charge in [0.15, 0.2) is 0 Å². The lowest BCUT2D eigenvalue weighted by Crippen LogP contribution is -2.11. The second-order valence-corrected chi connectivity index (χ2v) is 3.71.